The van der Waals surface area contributed by atoms with Crippen LogP contribution >= 0.6 is 0 Å². The average Bonchev–Trinajstić information content (AvgIpc) is 2.59. The Morgan fingerprint density at radius 1 is 1.17 bits per heavy atom. The van der Waals surface area contributed by atoms with Gasteiger partial charge in [0.25, 0.3) is 5.56 Å². The SMILES string of the molecule is CCOCc1cc(-c2nc3ccccc3c(=O)[nH]2)ccc1OC. The summed E-state index contributed by atoms with van der Waals surface area (Å²) in [7, 11) is 1.63. The molecule has 0 atom stereocenters. The van der Waals surface area contributed by atoms with E-state index >= 15 is 0 Å². The molecule has 2 aromatic carbocycles. The van der Waals surface area contributed by atoms with Crippen LogP contribution in [-0.2, 0) is 11.3 Å². The Hall–Kier alpha value is -2.66. The summed E-state index contributed by atoms with van der Waals surface area (Å²) in [5.74, 6) is 1.29. The Balaban J connectivity index is 2.09. The van der Waals surface area contributed by atoms with Crippen LogP contribution in [0, 0.1) is 0 Å². The first-order chi connectivity index (χ1) is 11.2. The topological polar surface area (TPSA) is 64.2 Å². The van der Waals surface area contributed by atoms with E-state index in [0.29, 0.717) is 29.9 Å². The average molecular weight is 310 g/mol. The van der Waals surface area contributed by atoms with Crippen molar-refractivity contribution in [1.82, 2.24) is 9.97 Å². The Bertz CT molecular complexity index is 887. The van der Waals surface area contributed by atoms with E-state index in [-0.39, 0.29) is 5.56 Å². The van der Waals surface area contributed by atoms with Gasteiger partial charge in [0, 0.05) is 17.7 Å². The minimum atomic E-state index is -0.146. The van der Waals surface area contributed by atoms with Crippen molar-refractivity contribution >= 4 is 10.9 Å². The zero-order valence-corrected chi connectivity index (χ0v) is 13.1. The van der Waals surface area contributed by atoms with Gasteiger partial charge in [0.05, 0.1) is 24.6 Å². The van der Waals surface area contributed by atoms with Gasteiger partial charge >= 0.3 is 0 Å². The standard InChI is InChI=1S/C18H18N2O3/c1-3-23-11-13-10-12(8-9-16(13)22-2)17-19-15-7-5-4-6-14(15)18(21)20-17/h4-10H,3,11H2,1-2H3,(H,19,20,21). The summed E-state index contributed by atoms with van der Waals surface area (Å²) >= 11 is 0. The van der Waals surface area contributed by atoms with Gasteiger partial charge in [-0.3, -0.25) is 4.79 Å². The molecule has 118 valence electrons. The molecule has 5 nitrogen and oxygen atoms in total. The molecule has 0 fully saturated rings. The molecule has 0 saturated carbocycles. The largest absolute Gasteiger partial charge is 0.496 e. The molecule has 0 bridgehead atoms. The van der Waals surface area contributed by atoms with Crippen LogP contribution in [-0.4, -0.2) is 23.7 Å². The van der Waals surface area contributed by atoms with Gasteiger partial charge in [-0.15, -0.1) is 0 Å². The number of benzene rings is 2. The van der Waals surface area contributed by atoms with Gasteiger partial charge in [-0.05, 0) is 37.3 Å². The van der Waals surface area contributed by atoms with Gasteiger partial charge in [-0.2, -0.15) is 0 Å². The number of aromatic nitrogens is 2. The minimum Gasteiger partial charge on any atom is -0.496 e. The van der Waals surface area contributed by atoms with Crippen molar-refractivity contribution in [3.05, 3.63) is 58.4 Å². The van der Waals surface area contributed by atoms with E-state index in [0.717, 1.165) is 16.9 Å². The third kappa shape index (κ3) is 3.10. The lowest BCUT2D eigenvalue weighted by Crippen LogP contribution is -2.09. The number of hydrogen-bond donors (Lipinski definition) is 1. The molecule has 23 heavy (non-hydrogen) atoms. The Kier molecular flexibility index (Phi) is 4.39. The number of fused-ring (bicyclic) bond motifs is 1. The summed E-state index contributed by atoms with van der Waals surface area (Å²) in [5, 5.41) is 0.583. The van der Waals surface area contributed by atoms with Gasteiger partial charge in [-0.25, -0.2) is 4.98 Å². The Labute approximate surface area is 133 Å². The van der Waals surface area contributed by atoms with E-state index in [4.69, 9.17) is 9.47 Å². The van der Waals surface area contributed by atoms with Gasteiger partial charge in [-0.1, -0.05) is 12.1 Å². The van der Waals surface area contributed by atoms with Crippen LogP contribution < -0.4 is 10.3 Å². The quantitative estimate of drug-likeness (QED) is 0.786. The van der Waals surface area contributed by atoms with E-state index in [1.807, 2.05) is 43.3 Å². The molecule has 0 aliphatic rings. The van der Waals surface area contributed by atoms with Crippen LogP contribution in [0.4, 0.5) is 0 Å². The lowest BCUT2D eigenvalue weighted by molar-refractivity contribution is 0.132. The first-order valence-electron chi connectivity index (χ1n) is 7.47. The number of rotatable bonds is 5. The van der Waals surface area contributed by atoms with Crippen molar-refractivity contribution in [2.45, 2.75) is 13.5 Å². The molecule has 0 aliphatic heterocycles. The van der Waals surface area contributed by atoms with E-state index < -0.39 is 0 Å². The van der Waals surface area contributed by atoms with E-state index in [1.54, 1.807) is 13.2 Å². The van der Waals surface area contributed by atoms with E-state index in [1.165, 1.54) is 0 Å². The molecular weight excluding hydrogens is 292 g/mol. The third-order valence-electron chi connectivity index (χ3n) is 3.63. The number of hydrogen-bond acceptors (Lipinski definition) is 4. The molecule has 0 aliphatic carbocycles. The summed E-state index contributed by atoms with van der Waals surface area (Å²) in [6.45, 7) is 3.02. The lowest BCUT2D eigenvalue weighted by atomic mass is 10.1. The number of ether oxygens (including phenoxy) is 2. The van der Waals surface area contributed by atoms with Crippen LogP contribution in [0.15, 0.2) is 47.3 Å². The molecule has 0 saturated heterocycles. The van der Waals surface area contributed by atoms with Crippen molar-refractivity contribution in [3.63, 3.8) is 0 Å². The second-order valence-electron chi connectivity index (χ2n) is 5.10. The summed E-state index contributed by atoms with van der Waals surface area (Å²) in [6, 6.07) is 13.0. The van der Waals surface area contributed by atoms with Crippen LogP contribution in [0.5, 0.6) is 5.75 Å². The van der Waals surface area contributed by atoms with E-state index in [2.05, 4.69) is 9.97 Å². The smallest absolute Gasteiger partial charge is 0.259 e. The summed E-state index contributed by atoms with van der Waals surface area (Å²) in [5.41, 5.74) is 2.27. The van der Waals surface area contributed by atoms with Crippen molar-refractivity contribution in [1.29, 1.82) is 0 Å². The predicted molar refractivity (Wildman–Crippen MR) is 89.7 cm³/mol. The number of aromatic amines is 1. The summed E-state index contributed by atoms with van der Waals surface area (Å²) < 4.78 is 10.8. The lowest BCUT2D eigenvalue weighted by Gasteiger charge is -2.11. The summed E-state index contributed by atoms with van der Waals surface area (Å²) in [4.78, 5) is 19.6. The maximum Gasteiger partial charge on any atom is 0.259 e. The van der Waals surface area contributed by atoms with Gasteiger partial charge in [0.15, 0.2) is 0 Å². The summed E-state index contributed by atoms with van der Waals surface area (Å²) in [6.07, 6.45) is 0. The van der Waals surface area contributed by atoms with Crippen LogP contribution in [0.2, 0.25) is 0 Å². The molecule has 0 unspecified atom stereocenters. The number of para-hydroxylation sites is 1. The number of nitrogens with zero attached hydrogens (tertiary/aromatic N) is 1. The van der Waals surface area contributed by atoms with E-state index in [9.17, 15) is 4.79 Å². The highest BCUT2D eigenvalue weighted by Crippen LogP contribution is 2.25. The Morgan fingerprint density at radius 2 is 2.00 bits per heavy atom. The van der Waals surface area contributed by atoms with Crippen molar-refractivity contribution in [2.75, 3.05) is 13.7 Å². The molecule has 1 N–H and O–H groups in total. The molecule has 0 spiro atoms. The molecular formula is C18H18N2O3. The maximum absolute atomic E-state index is 12.2. The van der Waals surface area contributed by atoms with Crippen LogP contribution in [0.3, 0.4) is 0 Å². The predicted octanol–water partition coefficient (Wildman–Crippen LogP) is 3.14. The number of methoxy groups -OCH3 is 1. The fourth-order valence-electron chi connectivity index (χ4n) is 2.47. The van der Waals surface area contributed by atoms with Gasteiger partial charge in [0.2, 0.25) is 0 Å². The highest BCUT2D eigenvalue weighted by Gasteiger charge is 2.09. The molecule has 5 heteroatoms. The fourth-order valence-corrected chi connectivity index (χ4v) is 2.47. The Morgan fingerprint density at radius 3 is 2.78 bits per heavy atom. The zero-order valence-electron chi connectivity index (χ0n) is 13.1. The fraction of sp³-hybridized carbons (Fsp3) is 0.222. The molecule has 3 aromatic rings. The first-order valence-corrected chi connectivity index (χ1v) is 7.47. The van der Waals surface area contributed by atoms with Crippen molar-refractivity contribution in [2.24, 2.45) is 0 Å². The second-order valence-corrected chi connectivity index (χ2v) is 5.10. The molecule has 1 heterocycles. The van der Waals surface area contributed by atoms with Crippen LogP contribution in [0.25, 0.3) is 22.3 Å². The third-order valence-corrected chi connectivity index (χ3v) is 3.63. The van der Waals surface area contributed by atoms with Crippen molar-refractivity contribution in [3.8, 4) is 17.1 Å². The minimum absolute atomic E-state index is 0.146. The zero-order chi connectivity index (χ0) is 16.2. The first kappa shape index (κ1) is 15.2. The molecule has 0 amide bonds. The second kappa shape index (κ2) is 6.62. The highest BCUT2D eigenvalue weighted by atomic mass is 16.5. The van der Waals surface area contributed by atoms with Crippen LogP contribution in [0.1, 0.15) is 12.5 Å². The number of H-pyrrole nitrogens is 1. The highest BCUT2D eigenvalue weighted by molar-refractivity contribution is 5.79. The van der Waals surface area contributed by atoms with Gasteiger partial charge < -0.3 is 14.5 Å². The molecule has 3 rings (SSSR count). The number of nitrogens with one attached hydrogen (secondary N) is 1. The van der Waals surface area contributed by atoms with Crippen molar-refractivity contribution < 1.29 is 9.47 Å². The molecule has 0 radical (unpaired) electrons. The molecule has 1 aromatic heterocycles. The maximum atomic E-state index is 12.2. The monoisotopic (exact) mass is 310 g/mol. The normalized spacial score (nSPS) is 10.9. The van der Waals surface area contributed by atoms with Gasteiger partial charge in [0.1, 0.15) is 11.6 Å².